The molecule has 0 heterocycles. The molecule has 38 heavy (non-hydrogen) atoms. The second-order valence-electron chi connectivity index (χ2n) is 8.40. The van der Waals surface area contributed by atoms with E-state index in [-0.39, 0.29) is 24.2 Å². The second-order valence-corrected chi connectivity index (χ2v) is 8.40. The third-order valence-electron chi connectivity index (χ3n) is 5.84. The minimum absolute atomic E-state index is 0.0614. The molecule has 0 saturated carbocycles. The molecule has 0 aliphatic carbocycles. The molecule has 0 atom stereocenters. The highest BCUT2D eigenvalue weighted by Crippen LogP contribution is 2.25. The maximum absolute atomic E-state index is 13.6. The number of hydrogen-bond donors (Lipinski definition) is 2. The molecule has 0 saturated heterocycles. The van der Waals surface area contributed by atoms with Gasteiger partial charge in [-0.1, -0.05) is 48.5 Å². The largest absolute Gasteiger partial charge is 0.496 e. The van der Waals surface area contributed by atoms with Crippen LogP contribution in [0.4, 0.5) is 0 Å². The number of aromatic carboxylic acids is 2. The fourth-order valence-corrected chi connectivity index (χ4v) is 3.97. The zero-order valence-corrected chi connectivity index (χ0v) is 20.5. The van der Waals surface area contributed by atoms with Crippen LogP contribution in [0, 0.1) is 0 Å². The van der Waals surface area contributed by atoms with E-state index < -0.39 is 23.4 Å². The molecule has 0 unspecified atom stereocenters. The summed E-state index contributed by atoms with van der Waals surface area (Å²) in [6.07, 6.45) is 0. The summed E-state index contributed by atoms with van der Waals surface area (Å²) in [6.45, 7) is 0.375. The Morgan fingerprint density at radius 1 is 0.711 bits per heavy atom. The van der Waals surface area contributed by atoms with Gasteiger partial charge in [0.1, 0.15) is 17.2 Å². The molecule has 4 aromatic carbocycles. The van der Waals surface area contributed by atoms with Crippen LogP contribution in [0.3, 0.4) is 0 Å². The molecule has 0 bridgehead atoms. The molecule has 0 radical (unpaired) electrons. The van der Waals surface area contributed by atoms with Crippen LogP contribution in [0.5, 0.6) is 17.2 Å². The number of methoxy groups -OCH3 is 1. The number of benzene rings is 4. The molecule has 0 fully saturated rings. The molecule has 0 aliphatic heterocycles. The van der Waals surface area contributed by atoms with Gasteiger partial charge in [0, 0.05) is 24.2 Å². The molecule has 4 aromatic rings. The molecular formula is C30H25NO7. The maximum atomic E-state index is 13.6. The Morgan fingerprint density at radius 3 is 2.00 bits per heavy atom. The van der Waals surface area contributed by atoms with E-state index in [2.05, 4.69) is 0 Å². The quantitative estimate of drug-likeness (QED) is 0.280. The van der Waals surface area contributed by atoms with Gasteiger partial charge in [0.05, 0.1) is 18.2 Å². The van der Waals surface area contributed by atoms with Crippen molar-refractivity contribution in [3.63, 3.8) is 0 Å². The highest BCUT2D eigenvalue weighted by atomic mass is 16.5. The van der Waals surface area contributed by atoms with Crippen molar-refractivity contribution >= 4 is 17.8 Å². The summed E-state index contributed by atoms with van der Waals surface area (Å²) in [7, 11) is 1.54. The first-order valence-corrected chi connectivity index (χ1v) is 11.7. The van der Waals surface area contributed by atoms with Gasteiger partial charge in [-0.15, -0.1) is 0 Å². The van der Waals surface area contributed by atoms with E-state index in [1.165, 1.54) is 6.07 Å². The van der Waals surface area contributed by atoms with E-state index in [9.17, 15) is 24.6 Å². The fraction of sp³-hybridized carbons (Fsp3) is 0.100. The first-order chi connectivity index (χ1) is 18.4. The van der Waals surface area contributed by atoms with Crippen molar-refractivity contribution in [2.24, 2.45) is 0 Å². The summed E-state index contributed by atoms with van der Waals surface area (Å²) < 4.78 is 11.3. The topological polar surface area (TPSA) is 113 Å². The summed E-state index contributed by atoms with van der Waals surface area (Å²) in [5.41, 5.74) is 0.788. The first kappa shape index (κ1) is 26.0. The highest BCUT2D eigenvalue weighted by Gasteiger charge is 2.23. The van der Waals surface area contributed by atoms with Crippen molar-refractivity contribution in [3.8, 4) is 17.2 Å². The van der Waals surface area contributed by atoms with Crippen LogP contribution in [-0.2, 0) is 13.1 Å². The first-order valence-electron chi connectivity index (χ1n) is 11.7. The highest BCUT2D eigenvalue weighted by molar-refractivity contribution is 6.04. The summed E-state index contributed by atoms with van der Waals surface area (Å²) in [5, 5.41) is 18.8. The van der Waals surface area contributed by atoms with E-state index in [0.717, 1.165) is 23.3 Å². The van der Waals surface area contributed by atoms with Gasteiger partial charge < -0.3 is 24.6 Å². The Balaban J connectivity index is 1.64. The Hall–Kier alpha value is -5.11. The lowest BCUT2D eigenvalue weighted by molar-refractivity contribution is 0.0650. The molecule has 1 amide bonds. The van der Waals surface area contributed by atoms with E-state index in [1.807, 2.05) is 60.7 Å². The molecule has 8 heteroatoms. The van der Waals surface area contributed by atoms with E-state index in [1.54, 1.807) is 30.2 Å². The number of para-hydroxylation sites is 2. The lowest BCUT2D eigenvalue weighted by atomic mass is 10.0. The minimum atomic E-state index is -1.43. The molecule has 0 aliphatic rings. The molecular weight excluding hydrogens is 486 g/mol. The number of amides is 1. The third kappa shape index (κ3) is 6.17. The number of hydrogen-bond acceptors (Lipinski definition) is 5. The van der Waals surface area contributed by atoms with Crippen LogP contribution < -0.4 is 9.47 Å². The molecule has 0 spiro atoms. The van der Waals surface area contributed by atoms with Gasteiger partial charge in [0.25, 0.3) is 5.91 Å². The van der Waals surface area contributed by atoms with Crippen LogP contribution in [0.15, 0.2) is 97.1 Å². The van der Waals surface area contributed by atoms with Crippen LogP contribution in [-0.4, -0.2) is 40.1 Å². The number of carbonyl (C=O) groups is 3. The third-order valence-corrected chi connectivity index (χ3v) is 5.84. The van der Waals surface area contributed by atoms with E-state index in [0.29, 0.717) is 17.2 Å². The predicted octanol–water partition coefficient (Wildman–Crippen LogP) is 5.73. The molecule has 8 nitrogen and oxygen atoms in total. The normalized spacial score (nSPS) is 10.4. The Kier molecular flexibility index (Phi) is 8.03. The number of carboxylic acid groups (broad SMARTS) is 2. The zero-order valence-electron chi connectivity index (χ0n) is 20.5. The average Bonchev–Trinajstić information content (AvgIpc) is 2.93. The predicted molar refractivity (Wildman–Crippen MR) is 140 cm³/mol. The monoisotopic (exact) mass is 511 g/mol. The molecule has 0 aromatic heterocycles. The van der Waals surface area contributed by atoms with E-state index >= 15 is 0 Å². The van der Waals surface area contributed by atoms with Crippen LogP contribution in [0.25, 0.3) is 0 Å². The molecule has 4 rings (SSSR count). The zero-order chi connectivity index (χ0) is 27.1. The van der Waals surface area contributed by atoms with Gasteiger partial charge in [-0.05, 0) is 54.1 Å². The number of carbonyl (C=O) groups excluding carboxylic acids is 1. The summed E-state index contributed by atoms with van der Waals surface area (Å²) in [6, 6.07) is 27.5. The fourth-order valence-electron chi connectivity index (χ4n) is 3.97. The van der Waals surface area contributed by atoms with Gasteiger partial charge in [-0.2, -0.15) is 0 Å². The van der Waals surface area contributed by atoms with Crippen molar-refractivity contribution in [1.29, 1.82) is 0 Å². The summed E-state index contributed by atoms with van der Waals surface area (Å²) >= 11 is 0. The second kappa shape index (κ2) is 11.7. The van der Waals surface area contributed by atoms with Gasteiger partial charge in [-0.3, -0.25) is 4.79 Å². The smallest absolute Gasteiger partial charge is 0.336 e. The number of carboxylic acids is 2. The number of rotatable bonds is 10. The van der Waals surface area contributed by atoms with Crippen LogP contribution in [0.2, 0.25) is 0 Å². The molecule has 192 valence electrons. The minimum Gasteiger partial charge on any atom is -0.496 e. The van der Waals surface area contributed by atoms with Gasteiger partial charge in [0.2, 0.25) is 0 Å². The maximum Gasteiger partial charge on any atom is 0.336 e. The Labute approximate surface area is 219 Å². The van der Waals surface area contributed by atoms with E-state index in [4.69, 9.17) is 9.47 Å². The van der Waals surface area contributed by atoms with Crippen LogP contribution in [0.1, 0.15) is 42.2 Å². The summed E-state index contributed by atoms with van der Waals surface area (Å²) in [4.78, 5) is 38.3. The van der Waals surface area contributed by atoms with Crippen molar-refractivity contribution < 1.29 is 34.1 Å². The SMILES string of the molecule is COc1ccccc1CN(Cc1ccc(Oc2ccccc2)cc1)C(=O)c1ccc(C(=O)O)c(C(=O)O)c1. The standard InChI is InChI=1S/C30H25NO7/c1-37-27-10-6-5-7-22(27)19-31(28(32)21-13-16-25(29(33)34)26(17-21)30(35)36)18-20-11-14-24(15-12-20)38-23-8-3-2-4-9-23/h2-17H,18-19H2,1H3,(H,33,34)(H,35,36). The lowest BCUT2D eigenvalue weighted by Gasteiger charge is -2.24. The Bertz CT molecular complexity index is 1450. The van der Waals surface area contributed by atoms with Crippen LogP contribution >= 0.6 is 0 Å². The van der Waals surface area contributed by atoms with Crippen molar-refractivity contribution in [3.05, 3.63) is 125 Å². The van der Waals surface area contributed by atoms with Gasteiger partial charge >= 0.3 is 11.9 Å². The van der Waals surface area contributed by atoms with Crippen molar-refractivity contribution in [2.75, 3.05) is 7.11 Å². The molecule has 2 N–H and O–H groups in total. The average molecular weight is 512 g/mol. The number of nitrogens with zero attached hydrogens (tertiary/aromatic N) is 1. The van der Waals surface area contributed by atoms with Crippen molar-refractivity contribution in [2.45, 2.75) is 13.1 Å². The van der Waals surface area contributed by atoms with Gasteiger partial charge in [0.15, 0.2) is 0 Å². The lowest BCUT2D eigenvalue weighted by Crippen LogP contribution is -2.30. The van der Waals surface area contributed by atoms with Crippen molar-refractivity contribution in [1.82, 2.24) is 4.90 Å². The Morgan fingerprint density at radius 2 is 1.34 bits per heavy atom. The van der Waals surface area contributed by atoms with Gasteiger partial charge in [-0.25, -0.2) is 9.59 Å². The summed E-state index contributed by atoms with van der Waals surface area (Å²) in [5.74, 6) is -1.33. The number of ether oxygens (including phenoxy) is 2.